The molecule has 1 amide bonds. The fourth-order valence-corrected chi connectivity index (χ4v) is 6.61. The molecule has 1 aliphatic heterocycles. The molecule has 7 nitrogen and oxygen atoms in total. The van der Waals surface area contributed by atoms with E-state index in [1.54, 1.807) is 24.3 Å². The average molecular weight is 673 g/mol. The summed E-state index contributed by atoms with van der Waals surface area (Å²) in [5, 5.41) is 3.04. The molecule has 0 spiro atoms. The highest BCUT2D eigenvalue weighted by Crippen LogP contribution is 2.43. The highest BCUT2D eigenvalue weighted by atomic mass is 19.1. The monoisotopic (exact) mass is 672 g/mol. The van der Waals surface area contributed by atoms with Crippen LogP contribution in [0, 0.1) is 11.6 Å². The van der Waals surface area contributed by atoms with E-state index in [1.165, 1.54) is 24.3 Å². The number of carbonyl (C=O) groups excluding carboxylic acids is 2. The standard InChI is InChI=1S/C40H46F2N2O5/c1-25(2)36-35(38(46)43-30-14-9-8-10-15-30)34(27-12-11-13-29(42)22-27)37(26-16-18-28(41)19-17-26)44(36)21-20-31-23-32(48-40(6,7)47-31)24-33(45)49-39(3,4)5/h8-19,22,25,31-32H,20-21,23-24H2,1-7H3,(H,43,46)/t31-,32-/m1/s1. The lowest BCUT2D eigenvalue weighted by Crippen LogP contribution is -2.46. The quantitative estimate of drug-likeness (QED) is 0.170. The van der Waals surface area contributed by atoms with Crippen molar-refractivity contribution in [3.8, 4) is 22.4 Å². The van der Waals surface area contributed by atoms with Crippen molar-refractivity contribution in [2.75, 3.05) is 5.32 Å². The van der Waals surface area contributed by atoms with Gasteiger partial charge in [-0.15, -0.1) is 0 Å². The van der Waals surface area contributed by atoms with E-state index in [4.69, 9.17) is 14.2 Å². The number of ether oxygens (including phenoxy) is 3. The molecule has 3 aromatic carbocycles. The fourth-order valence-electron chi connectivity index (χ4n) is 6.61. The maximum atomic E-state index is 14.8. The molecule has 0 bridgehead atoms. The van der Waals surface area contributed by atoms with Crippen molar-refractivity contribution in [2.24, 2.45) is 0 Å². The molecule has 2 heterocycles. The van der Waals surface area contributed by atoms with Crippen molar-refractivity contribution in [1.29, 1.82) is 0 Å². The van der Waals surface area contributed by atoms with E-state index in [1.807, 2.05) is 78.8 Å². The van der Waals surface area contributed by atoms with Crippen molar-refractivity contribution in [2.45, 2.75) is 104 Å². The van der Waals surface area contributed by atoms with Crippen LogP contribution in [0.1, 0.15) is 89.7 Å². The van der Waals surface area contributed by atoms with Crippen LogP contribution in [0.3, 0.4) is 0 Å². The molecule has 0 saturated carbocycles. The lowest BCUT2D eigenvalue weighted by molar-refractivity contribution is -0.301. The summed E-state index contributed by atoms with van der Waals surface area (Å²) < 4.78 is 49.3. The molecule has 1 N–H and O–H groups in total. The molecule has 0 aliphatic carbocycles. The molecule has 9 heteroatoms. The van der Waals surface area contributed by atoms with Gasteiger partial charge in [-0.25, -0.2) is 8.78 Å². The first kappa shape index (κ1) is 36.0. The number of aromatic nitrogens is 1. The largest absolute Gasteiger partial charge is 0.460 e. The van der Waals surface area contributed by atoms with Crippen molar-refractivity contribution in [3.63, 3.8) is 0 Å². The molecule has 49 heavy (non-hydrogen) atoms. The van der Waals surface area contributed by atoms with Crippen LogP contribution in [0.15, 0.2) is 78.9 Å². The number of nitrogens with zero attached hydrogens (tertiary/aromatic N) is 1. The molecule has 0 unspecified atom stereocenters. The van der Waals surface area contributed by atoms with Gasteiger partial charge in [0.15, 0.2) is 5.79 Å². The summed E-state index contributed by atoms with van der Waals surface area (Å²) in [4.78, 5) is 27.1. The zero-order valence-electron chi connectivity index (χ0n) is 29.3. The van der Waals surface area contributed by atoms with Crippen LogP contribution in [0.2, 0.25) is 0 Å². The number of rotatable bonds is 10. The number of nitrogens with one attached hydrogen (secondary N) is 1. The van der Waals surface area contributed by atoms with Crippen molar-refractivity contribution in [1.82, 2.24) is 4.57 Å². The van der Waals surface area contributed by atoms with Crippen molar-refractivity contribution < 1.29 is 32.6 Å². The number of hydrogen-bond donors (Lipinski definition) is 1. The van der Waals surface area contributed by atoms with Gasteiger partial charge < -0.3 is 24.1 Å². The van der Waals surface area contributed by atoms with Gasteiger partial charge in [0.1, 0.15) is 17.2 Å². The summed E-state index contributed by atoms with van der Waals surface area (Å²) in [5.41, 5.74) is 3.61. The van der Waals surface area contributed by atoms with Gasteiger partial charge in [0, 0.05) is 29.9 Å². The number of para-hydroxylation sites is 1. The van der Waals surface area contributed by atoms with E-state index < -0.39 is 29.1 Å². The summed E-state index contributed by atoms with van der Waals surface area (Å²) in [7, 11) is 0. The number of amides is 1. The summed E-state index contributed by atoms with van der Waals surface area (Å²) in [6.45, 7) is 13.6. The van der Waals surface area contributed by atoms with E-state index in [2.05, 4.69) is 9.88 Å². The second kappa shape index (κ2) is 14.6. The van der Waals surface area contributed by atoms with E-state index in [0.29, 0.717) is 53.0 Å². The van der Waals surface area contributed by atoms with Crippen LogP contribution in [-0.2, 0) is 25.5 Å². The Balaban J connectivity index is 1.61. The van der Waals surface area contributed by atoms with E-state index in [-0.39, 0.29) is 30.3 Å². The van der Waals surface area contributed by atoms with Gasteiger partial charge in [-0.3, -0.25) is 9.59 Å². The third-order valence-corrected chi connectivity index (χ3v) is 8.26. The second-order valence-electron chi connectivity index (χ2n) is 14.3. The molecule has 1 fully saturated rings. The van der Waals surface area contributed by atoms with Gasteiger partial charge in [0.05, 0.1) is 29.9 Å². The SMILES string of the molecule is CC(C)c1c(C(=O)Nc2ccccc2)c(-c2cccc(F)c2)c(-c2ccc(F)cc2)n1CC[C@@H]1C[C@H](CC(=O)OC(C)(C)C)OC(C)(C)O1. The van der Waals surface area contributed by atoms with Crippen LogP contribution in [0.5, 0.6) is 0 Å². The third kappa shape index (κ3) is 9.02. The maximum absolute atomic E-state index is 14.8. The Kier molecular flexibility index (Phi) is 10.7. The van der Waals surface area contributed by atoms with Crippen molar-refractivity contribution in [3.05, 3.63) is 102 Å². The molecular formula is C40H46F2N2O5. The smallest absolute Gasteiger partial charge is 0.308 e. The van der Waals surface area contributed by atoms with E-state index >= 15 is 0 Å². The number of esters is 1. The Labute approximate surface area is 287 Å². The van der Waals surface area contributed by atoms with Crippen LogP contribution in [0.4, 0.5) is 14.5 Å². The number of benzene rings is 3. The normalized spacial score (nSPS) is 17.6. The second-order valence-corrected chi connectivity index (χ2v) is 14.3. The molecule has 1 aliphatic rings. The highest BCUT2D eigenvalue weighted by molar-refractivity contribution is 6.12. The van der Waals surface area contributed by atoms with Crippen LogP contribution >= 0.6 is 0 Å². The highest BCUT2D eigenvalue weighted by Gasteiger charge is 2.38. The van der Waals surface area contributed by atoms with Crippen LogP contribution in [0.25, 0.3) is 22.4 Å². The summed E-state index contributed by atoms with van der Waals surface area (Å²) in [6, 6.07) is 21.5. The topological polar surface area (TPSA) is 78.8 Å². The lowest BCUT2D eigenvalue weighted by atomic mass is 9.94. The van der Waals surface area contributed by atoms with Crippen LogP contribution in [-0.4, -0.2) is 40.0 Å². The van der Waals surface area contributed by atoms with Gasteiger partial charge in [-0.05, 0) is 107 Å². The Morgan fingerprint density at radius 3 is 2.22 bits per heavy atom. The summed E-state index contributed by atoms with van der Waals surface area (Å²) in [5.74, 6) is -2.59. The van der Waals surface area contributed by atoms with E-state index in [9.17, 15) is 18.4 Å². The first-order valence-electron chi connectivity index (χ1n) is 16.8. The Morgan fingerprint density at radius 1 is 0.918 bits per heavy atom. The number of halogens is 2. The predicted octanol–water partition coefficient (Wildman–Crippen LogP) is 9.51. The molecule has 260 valence electrons. The third-order valence-electron chi connectivity index (χ3n) is 8.26. The van der Waals surface area contributed by atoms with Gasteiger partial charge in [0.25, 0.3) is 5.91 Å². The van der Waals surface area contributed by atoms with Gasteiger partial charge in [-0.2, -0.15) is 0 Å². The minimum absolute atomic E-state index is 0.0929. The predicted molar refractivity (Wildman–Crippen MR) is 187 cm³/mol. The molecule has 1 saturated heterocycles. The number of hydrogen-bond acceptors (Lipinski definition) is 5. The van der Waals surface area contributed by atoms with Gasteiger partial charge in [0.2, 0.25) is 0 Å². The molecule has 1 aromatic heterocycles. The molecule has 5 rings (SSSR count). The van der Waals surface area contributed by atoms with Gasteiger partial charge >= 0.3 is 5.97 Å². The van der Waals surface area contributed by atoms with Crippen LogP contribution < -0.4 is 5.32 Å². The summed E-state index contributed by atoms with van der Waals surface area (Å²) >= 11 is 0. The number of anilines is 1. The lowest BCUT2D eigenvalue weighted by Gasteiger charge is -2.41. The zero-order valence-corrected chi connectivity index (χ0v) is 29.3. The molecular weight excluding hydrogens is 626 g/mol. The van der Waals surface area contributed by atoms with E-state index in [0.717, 1.165) is 5.69 Å². The Bertz CT molecular complexity index is 1770. The maximum Gasteiger partial charge on any atom is 0.308 e. The van der Waals surface area contributed by atoms with Crippen molar-refractivity contribution >= 4 is 17.6 Å². The average Bonchev–Trinajstić information content (AvgIpc) is 3.35. The molecule has 0 radical (unpaired) electrons. The Hall–Kier alpha value is -4.34. The number of carbonyl (C=O) groups is 2. The minimum atomic E-state index is -0.944. The molecule has 2 atom stereocenters. The minimum Gasteiger partial charge on any atom is -0.460 e. The zero-order chi connectivity index (χ0) is 35.5. The Morgan fingerprint density at radius 2 is 1.59 bits per heavy atom. The first-order valence-corrected chi connectivity index (χ1v) is 16.8. The summed E-state index contributed by atoms with van der Waals surface area (Å²) in [6.07, 6.45) is 0.367. The molecule has 4 aromatic rings. The van der Waals surface area contributed by atoms with Gasteiger partial charge in [-0.1, -0.05) is 44.2 Å². The fraction of sp³-hybridized carbons (Fsp3) is 0.400. The first-order chi connectivity index (χ1) is 23.1.